The average Bonchev–Trinajstić information content (AvgIpc) is 2.40. The second kappa shape index (κ2) is 6.80. The number of Topliss-reactive ketones (excluding diaryl/α,β-unsaturated/α-hetero) is 1. The summed E-state index contributed by atoms with van der Waals surface area (Å²) in [7, 11) is -0.579. The van der Waals surface area contributed by atoms with Crippen LogP contribution in [0.15, 0.2) is 0 Å². The van der Waals surface area contributed by atoms with Crippen LogP contribution in [0, 0.1) is 17.8 Å². The normalized spacial score (nSPS) is 30.3. The van der Waals surface area contributed by atoms with E-state index < -0.39 is 26.2 Å². The second-order valence-corrected chi connectivity index (χ2v) is 12.7. The maximum Gasteiger partial charge on any atom is 0.310 e. The summed E-state index contributed by atoms with van der Waals surface area (Å²) < 4.78 is 11.0. The van der Waals surface area contributed by atoms with Gasteiger partial charge in [-0.05, 0) is 18.1 Å². The van der Waals surface area contributed by atoms with E-state index in [9.17, 15) is 9.59 Å². The minimum atomic E-state index is -1.91. The van der Waals surface area contributed by atoms with E-state index in [1.165, 1.54) is 7.11 Å². The minimum absolute atomic E-state index is 0.0703. The standard InChI is InChI=1S/C16H31NO4Si/c1-10-12(9-21-22(6,7)16(2,3)4)14(17)11(8-13(10)18)15(19)20-5/h10-12,14H,8-9,17H2,1-7H3/t10-,11+,12+,14-/m1/s1. The fraction of sp³-hybridized carbons (Fsp3) is 0.875. The van der Waals surface area contributed by atoms with Crippen molar-refractivity contribution in [2.45, 2.75) is 58.3 Å². The molecule has 1 saturated carbocycles. The van der Waals surface area contributed by atoms with Crippen LogP contribution >= 0.6 is 0 Å². The highest BCUT2D eigenvalue weighted by atomic mass is 28.4. The van der Waals surface area contributed by atoms with Crippen LogP contribution in [0.1, 0.15) is 34.1 Å². The zero-order valence-electron chi connectivity index (χ0n) is 14.9. The Kier molecular flexibility index (Phi) is 5.98. The summed E-state index contributed by atoms with van der Waals surface area (Å²) in [6, 6.07) is -0.398. The zero-order chi connectivity index (χ0) is 17.3. The highest BCUT2D eigenvalue weighted by Crippen LogP contribution is 2.38. The number of hydrogen-bond donors (Lipinski definition) is 1. The summed E-state index contributed by atoms with van der Waals surface area (Å²) in [6.07, 6.45) is 0.172. The molecule has 5 nitrogen and oxygen atoms in total. The van der Waals surface area contributed by atoms with Crippen LogP contribution in [0.4, 0.5) is 0 Å². The number of ketones is 1. The van der Waals surface area contributed by atoms with Gasteiger partial charge in [0.15, 0.2) is 8.32 Å². The molecule has 22 heavy (non-hydrogen) atoms. The summed E-state index contributed by atoms with van der Waals surface area (Å²) in [5.41, 5.74) is 6.27. The van der Waals surface area contributed by atoms with Gasteiger partial charge in [-0.15, -0.1) is 0 Å². The Morgan fingerprint density at radius 1 is 1.36 bits per heavy atom. The number of methoxy groups -OCH3 is 1. The van der Waals surface area contributed by atoms with Gasteiger partial charge in [-0.2, -0.15) is 0 Å². The molecule has 0 radical (unpaired) electrons. The molecular weight excluding hydrogens is 298 g/mol. The monoisotopic (exact) mass is 329 g/mol. The summed E-state index contributed by atoms with van der Waals surface area (Å²) in [5.74, 6) is -1.20. The maximum absolute atomic E-state index is 12.2. The summed E-state index contributed by atoms with van der Waals surface area (Å²) in [6.45, 7) is 13.2. The van der Waals surface area contributed by atoms with E-state index in [0.717, 1.165) is 0 Å². The van der Waals surface area contributed by atoms with Gasteiger partial charge < -0.3 is 14.9 Å². The third kappa shape index (κ3) is 3.97. The highest BCUT2D eigenvalue weighted by Gasteiger charge is 2.45. The quantitative estimate of drug-likeness (QED) is 0.633. The summed E-state index contributed by atoms with van der Waals surface area (Å²) in [4.78, 5) is 24.0. The molecule has 6 heteroatoms. The number of esters is 1. The fourth-order valence-corrected chi connectivity index (χ4v) is 3.62. The molecule has 1 aliphatic rings. The fourth-order valence-electron chi connectivity index (χ4n) is 2.58. The van der Waals surface area contributed by atoms with E-state index in [0.29, 0.717) is 6.61 Å². The zero-order valence-corrected chi connectivity index (χ0v) is 15.9. The summed E-state index contributed by atoms with van der Waals surface area (Å²) >= 11 is 0. The molecule has 0 saturated heterocycles. The van der Waals surface area contributed by atoms with E-state index in [-0.39, 0.29) is 29.1 Å². The van der Waals surface area contributed by atoms with Crippen molar-refractivity contribution in [1.29, 1.82) is 0 Å². The first-order valence-corrected chi connectivity index (χ1v) is 10.8. The minimum Gasteiger partial charge on any atom is -0.469 e. The molecule has 0 aliphatic heterocycles. The second-order valence-electron chi connectivity index (χ2n) is 7.90. The van der Waals surface area contributed by atoms with Crippen LogP contribution in [-0.4, -0.2) is 39.8 Å². The Hall–Kier alpha value is -0.723. The van der Waals surface area contributed by atoms with Crippen molar-refractivity contribution in [3.63, 3.8) is 0 Å². The van der Waals surface area contributed by atoms with Crippen molar-refractivity contribution in [1.82, 2.24) is 0 Å². The van der Waals surface area contributed by atoms with Gasteiger partial charge in [0, 0.05) is 30.9 Å². The predicted octanol–water partition coefficient (Wildman–Crippen LogP) is 2.35. The third-order valence-corrected chi connectivity index (χ3v) is 9.98. The van der Waals surface area contributed by atoms with Crippen LogP contribution < -0.4 is 5.73 Å². The first kappa shape index (κ1) is 19.3. The smallest absolute Gasteiger partial charge is 0.310 e. The van der Waals surface area contributed by atoms with Crippen molar-refractivity contribution < 1.29 is 18.8 Å². The average molecular weight is 330 g/mol. The molecule has 128 valence electrons. The highest BCUT2D eigenvalue weighted by molar-refractivity contribution is 6.74. The lowest BCUT2D eigenvalue weighted by molar-refractivity contribution is -0.152. The van der Waals surface area contributed by atoms with E-state index in [4.69, 9.17) is 14.9 Å². The lowest BCUT2D eigenvalue weighted by Crippen LogP contribution is -2.54. The van der Waals surface area contributed by atoms with E-state index >= 15 is 0 Å². The first-order chi connectivity index (χ1) is 9.92. The molecule has 0 aromatic heterocycles. The molecule has 1 aliphatic carbocycles. The molecule has 0 bridgehead atoms. The predicted molar refractivity (Wildman–Crippen MR) is 88.9 cm³/mol. The number of carbonyl (C=O) groups is 2. The van der Waals surface area contributed by atoms with E-state index in [1.54, 1.807) is 0 Å². The van der Waals surface area contributed by atoms with Crippen LogP contribution in [0.5, 0.6) is 0 Å². The van der Waals surface area contributed by atoms with Gasteiger partial charge in [0.25, 0.3) is 0 Å². The van der Waals surface area contributed by atoms with Crippen LogP contribution in [0.25, 0.3) is 0 Å². The Morgan fingerprint density at radius 2 is 1.91 bits per heavy atom. The molecule has 4 atom stereocenters. The van der Waals surface area contributed by atoms with Crippen molar-refractivity contribution in [3.05, 3.63) is 0 Å². The number of hydrogen-bond acceptors (Lipinski definition) is 5. The lowest BCUT2D eigenvalue weighted by atomic mass is 9.71. The van der Waals surface area contributed by atoms with E-state index in [2.05, 4.69) is 33.9 Å². The Labute approximate surface area is 135 Å². The molecule has 0 aromatic carbocycles. The molecule has 0 amide bonds. The molecule has 0 aromatic rings. The topological polar surface area (TPSA) is 78.6 Å². The molecule has 2 N–H and O–H groups in total. The Bertz CT molecular complexity index is 430. The first-order valence-electron chi connectivity index (χ1n) is 7.92. The van der Waals surface area contributed by atoms with Gasteiger partial charge in [-0.25, -0.2) is 0 Å². The molecule has 1 fully saturated rings. The number of ether oxygens (including phenoxy) is 1. The third-order valence-electron chi connectivity index (χ3n) is 5.48. The van der Waals surface area contributed by atoms with Crippen molar-refractivity contribution >= 4 is 20.1 Å². The van der Waals surface area contributed by atoms with Crippen molar-refractivity contribution in [2.24, 2.45) is 23.5 Å². The molecular formula is C16H31NO4Si. The van der Waals surface area contributed by atoms with Gasteiger partial charge in [0.1, 0.15) is 5.78 Å². The summed E-state index contributed by atoms with van der Waals surface area (Å²) in [5, 5.41) is 0.0980. The van der Waals surface area contributed by atoms with Gasteiger partial charge in [0.05, 0.1) is 13.0 Å². The molecule has 0 spiro atoms. The number of carbonyl (C=O) groups excluding carboxylic acids is 2. The van der Waals surface area contributed by atoms with Gasteiger partial charge in [-0.1, -0.05) is 27.7 Å². The van der Waals surface area contributed by atoms with Gasteiger partial charge in [-0.3, -0.25) is 9.59 Å². The van der Waals surface area contributed by atoms with Crippen molar-refractivity contribution in [2.75, 3.05) is 13.7 Å². The molecule has 1 rings (SSSR count). The molecule has 0 heterocycles. The Balaban J connectivity index is 2.86. The maximum atomic E-state index is 12.2. The van der Waals surface area contributed by atoms with Crippen LogP contribution in [0.2, 0.25) is 18.1 Å². The van der Waals surface area contributed by atoms with Gasteiger partial charge in [0.2, 0.25) is 0 Å². The SMILES string of the molecule is COC(=O)[C@H]1CC(=O)[C@H](C)[C@H](CO[Si](C)(C)C(C)(C)C)[C@@H]1N. The number of rotatable bonds is 4. The largest absolute Gasteiger partial charge is 0.469 e. The molecule has 0 unspecified atom stereocenters. The van der Waals surface area contributed by atoms with Crippen LogP contribution in [-0.2, 0) is 18.8 Å². The Morgan fingerprint density at radius 3 is 2.36 bits per heavy atom. The van der Waals surface area contributed by atoms with Crippen molar-refractivity contribution in [3.8, 4) is 0 Å². The number of nitrogens with two attached hydrogens (primary N) is 1. The lowest BCUT2D eigenvalue weighted by Gasteiger charge is -2.42. The van der Waals surface area contributed by atoms with E-state index in [1.807, 2.05) is 6.92 Å². The van der Waals surface area contributed by atoms with Crippen LogP contribution in [0.3, 0.4) is 0 Å². The van der Waals surface area contributed by atoms with Gasteiger partial charge >= 0.3 is 5.97 Å².